The Labute approximate surface area is 196 Å². The maximum atomic E-state index is 13.7. The third-order valence-electron chi connectivity index (χ3n) is 5.04. The Hall–Kier alpha value is -4.24. The first-order valence-corrected chi connectivity index (χ1v) is 10.6. The lowest BCUT2D eigenvalue weighted by Gasteiger charge is -2.16. The zero-order valence-electron chi connectivity index (χ0n) is 18.9. The third-order valence-corrected chi connectivity index (χ3v) is 5.04. The van der Waals surface area contributed by atoms with E-state index in [4.69, 9.17) is 4.74 Å². The fourth-order valence-corrected chi connectivity index (χ4v) is 3.34. The van der Waals surface area contributed by atoms with Gasteiger partial charge in [-0.05, 0) is 56.6 Å². The van der Waals surface area contributed by atoms with Crippen molar-refractivity contribution < 1.29 is 13.9 Å². The monoisotopic (exact) mass is 460 g/mol. The molecule has 4 aromatic rings. The summed E-state index contributed by atoms with van der Waals surface area (Å²) in [5.74, 6) is 0.443. The predicted molar refractivity (Wildman–Crippen MR) is 132 cm³/mol. The summed E-state index contributed by atoms with van der Waals surface area (Å²) >= 11 is 0. The fraction of sp³-hybridized carbons (Fsp3) is 0.160. The lowest BCUT2D eigenvalue weighted by Crippen LogP contribution is -2.20. The number of amides is 1. The summed E-state index contributed by atoms with van der Waals surface area (Å²) in [6, 6.07) is 13.5. The molecule has 0 aliphatic carbocycles. The van der Waals surface area contributed by atoms with E-state index in [0.717, 1.165) is 17.4 Å². The van der Waals surface area contributed by atoms with Crippen molar-refractivity contribution in [3.05, 3.63) is 73.2 Å². The molecule has 2 heterocycles. The molecule has 0 saturated heterocycles. The molecule has 0 aliphatic rings. The largest absolute Gasteiger partial charge is 0.490 e. The highest BCUT2D eigenvalue weighted by atomic mass is 19.1. The SMILES string of the molecule is C=CC(=O)Nc1cc(Nc2cc3c(-c4cccc(F)c4)n[nH]c3cn2)ccc1OCCN(C)C. The molecule has 4 rings (SSSR count). The van der Waals surface area contributed by atoms with Crippen molar-refractivity contribution in [3.8, 4) is 17.0 Å². The number of aromatic nitrogens is 3. The van der Waals surface area contributed by atoms with Gasteiger partial charge in [0.05, 0.1) is 17.4 Å². The summed E-state index contributed by atoms with van der Waals surface area (Å²) < 4.78 is 19.6. The van der Waals surface area contributed by atoms with Gasteiger partial charge in [0, 0.05) is 23.2 Å². The van der Waals surface area contributed by atoms with E-state index < -0.39 is 0 Å². The molecule has 2 aromatic carbocycles. The van der Waals surface area contributed by atoms with Crippen molar-refractivity contribution in [2.75, 3.05) is 37.9 Å². The molecule has 2 aromatic heterocycles. The van der Waals surface area contributed by atoms with Crippen LogP contribution >= 0.6 is 0 Å². The summed E-state index contributed by atoms with van der Waals surface area (Å²) in [5.41, 5.74) is 3.23. The average molecular weight is 461 g/mol. The van der Waals surface area contributed by atoms with Crippen LogP contribution in [0.15, 0.2) is 67.4 Å². The summed E-state index contributed by atoms with van der Waals surface area (Å²) in [4.78, 5) is 18.4. The molecule has 8 nitrogen and oxygen atoms in total. The second-order valence-electron chi connectivity index (χ2n) is 7.88. The Morgan fingerprint density at radius 3 is 2.85 bits per heavy atom. The van der Waals surface area contributed by atoms with Gasteiger partial charge < -0.3 is 20.3 Å². The number of carbonyl (C=O) groups excluding carboxylic acids is 1. The lowest BCUT2D eigenvalue weighted by molar-refractivity contribution is -0.111. The fourth-order valence-electron chi connectivity index (χ4n) is 3.34. The van der Waals surface area contributed by atoms with Crippen molar-refractivity contribution >= 4 is 34.0 Å². The number of halogens is 1. The number of hydrogen-bond donors (Lipinski definition) is 3. The number of hydrogen-bond acceptors (Lipinski definition) is 6. The zero-order valence-corrected chi connectivity index (χ0v) is 18.9. The number of nitrogens with zero attached hydrogens (tertiary/aromatic N) is 3. The Kier molecular flexibility index (Phi) is 6.84. The number of likely N-dealkylation sites (N-methyl/N-ethyl adjacent to an activating group) is 1. The van der Waals surface area contributed by atoms with E-state index in [0.29, 0.717) is 40.8 Å². The minimum Gasteiger partial charge on any atom is -0.490 e. The second kappa shape index (κ2) is 10.1. The Balaban J connectivity index is 1.61. The van der Waals surface area contributed by atoms with Gasteiger partial charge in [-0.25, -0.2) is 9.37 Å². The number of pyridine rings is 1. The van der Waals surface area contributed by atoms with Crippen LogP contribution in [0.25, 0.3) is 22.2 Å². The molecule has 0 fully saturated rings. The first kappa shape index (κ1) is 22.9. The van der Waals surface area contributed by atoms with E-state index in [9.17, 15) is 9.18 Å². The number of benzene rings is 2. The predicted octanol–water partition coefficient (Wildman–Crippen LogP) is 4.57. The van der Waals surface area contributed by atoms with Gasteiger partial charge >= 0.3 is 0 Å². The standard InChI is InChI=1S/C25H25FN6O2/c1-4-24(33)29-20-13-18(8-9-22(20)34-11-10-32(2)3)28-23-14-19-21(15-27-23)30-31-25(19)16-6-5-7-17(26)12-16/h4-9,12-15H,1,10-11H2,2-3H3,(H,27,28)(H,29,33)(H,30,31). The molecular weight excluding hydrogens is 435 g/mol. The quantitative estimate of drug-likeness (QED) is 0.317. The Morgan fingerprint density at radius 1 is 1.24 bits per heavy atom. The van der Waals surface area contributed by atoms with Crippen LogP contribution in [0.4, 0.5) is 21.6 Å². The molecule has 0 bridgehead atoms. The summed E-state index contributed by atoms with van der Waals surface area (Å²) in [7, 11) is 3.92. The molecular formula is C25H25FN6O2. The van der Waals surface area contributed by atoms with Crippen molar-refractivity contribution in [3.63, 3.8) is 0 Å². The molecule has 1 amide bonds. The average Bonchev–Trinajstić information content (AvgIpc) is 3.23. The molecule has 0 radical (unpaired) electrons. The first-order valence-electron chi connectivity index (χ1n) is 10.6. The van der Waals surface area contributed by atoms with E-state index in [-0.39, 0.29) is 11.7 Å². The van der Waals surface area contributed by atoms with Crippen LogP contribution in [0, 0.1) is 5.82 Å². The van der Waals surface area contributed by atoms with Crippen molar-refractivity contribution in [2.24, 2.45) is 0 Å². The molecule has 9 heteroatoms. The first-order chi connectivity index (χ1) is 16.4. The second-order valence-corrected chi connectivity index (χ2v) is 7.88. The Morgan fingerprint density at radius 2 is 2.09 bits per heavy atom. The van der Waals surface area contributed by atoms with Gasteiger partial charge in [-0.3, -0.25) is 9.89 Å². The maximum absolute atomic E-state index is 13.7. The number of anilines is 3. The molecule has 174 valence electrons. The molecule has 34 heavy (non-hydrogen) atoms. The van der Waals surface area contributed by atoms with Crippen molar-refractivity contribution in [1.29, 1.82) is 0 Å². The van der Waals surface area contributed by atoms with Gasteiger partial charge in [-0.15, -0.1) is 0 Å². The normalized spacial score (nSPS) is 10.9. The molecule has 0 atom stereocenters. The molecule has 0 unspecified atom stereocenters. The van der Waals surface area contributed by atoms with Gasteiger partial charge in [0.15, 0.2) is 0 Å². The smallest absolute Gasteiger partial charge is 0.247 e. The van der Waals surface area contributed by atoms with E-state index in [1.807, 2.05) is 31.1 Å². The minimum absolute atomic E-state index is 0.331. The number of nitrogens with one attached hydrogen (secondary N) is 3. The maximum Gasteiger partial charge on any atom is 0.247 e. The van der Waals surface area contributed by atoms with Crippen LogP contribution in [-0.4, -0.2) is 53.2 Å². The van der Waals surface area contributed by atoms with Gasteiger partial charge in [-0.1, -0.05) is 18.7 Å². The number of ether oxygens (including phenoxy) is 1. The Bertz CT molecular complexity index is 1330. The number of aromatic amines is 1. The van der Waals surface area contributed by atoms with Crippen LogP contribution in [-0.2, 0) is 4.79 Å². The van der Waals surface area contributed by atoms with Gasteiger partial charge in [-0.2, -0.15) is 5.10 Å². The lowest BCUT2D eigenvalue weighted by atomic mass is 10.1. The van der Waals surface area contributed by atoms with Gasteiger partial charge in [0.1, 0.15) is 29.7 Å². The molecule has 0 saturated carbocycles. The van der Waals surface area contributed by atoms with E-state index in [1.54, 1.807) is 30.5 Å². The topological polar surface area (TPSA) is 95.2 Å². The minimum atomic E-state index is -0.340. The van der Waals surface area contributed by atoms with Crippen LogP contribution in [0.5, 0.6) is 5.75 Å². The highest BCUT2D eigenvalue weighted by molar-refractivity contribution is 6.00. The molecule has 3 N–H and O–H groups in total. The number of H-pyrrole nitrogens is 1. The molecule has 0 spiro atoms. The van der Waals surface area contributed by atoms with Crippen molar-refractivity contribution in [2.45, 2.75) is 0 Å². The van der Waals surface area contributed by atoms with Crippen molar-refractivity contribution in [1.82, 2.24) is 20.1 Å². The van der Waals surface area contributed by atoms with E-state index >= 15 is 0 Å². The third kappa shape index (κ3) is 5.38. The highest BCUT2D eigenvalue weighted by Crippen LogP contribution is 2.32. The summed E-state index contributed by atoms with van der Waals surface area (Å²) in [6.07, 6.45) is 2.86. The van der Waals surface area contributed by atoms with Crippen LogP contribution in [0.1, 0.15) is 0 Å². The van der Waals surface area contributed by atoms with Crippen LogP contribution in [0.2, 0.25) is 0 Å². The van der Waals surface area contributed by atoms with E-state index in [2.05, 4.69) is 32.4 Å². The van der Waals surface area contributed by atoms with Crippen LogP contribution in [0.3, 0.4) is 0 Å². The zero-order chi connectivity index (χ0) is 24.1. The summed E-state index contributed by atoms with van der Waals surface area (Å²) in [6.45, 7) is 4.71. The van der Waals surface area contributed by atoms with Crippen LogP contribution < -0.4 is 15.4 Å². The molecule has 0 aliphatic heterocycles. The number of carbonyl (C=O) groups is 1. The van der Waals surface area contributed by atoms with Gasteiger partial charge in [0.2, 0.25) is 5.91 Å². The van der Waals surface area contributed by atoms with Gasteiger partial charge in [0.25, 0.3) is 0 Å². The number of fused-ring (bicyclic) bond motifs is 1. The summed E-state index contributed by atoms with van der Waals surface area (Å²) in [5, 5.41) is 14.1. The highest BCUT2D eigenvalue weighted by Gasteiger charge is 2.12. The number of rotatable bonds is 9. The van der Waals surface area contributed by atoms with E-state index in [1.165, 1.54) is 18.2 Å².